The van der Waals surface area contributed by atoms with Gasteiger partial charge in [-0.05, 0) is 61.9 Å². The van der Waals surface area contributed by atoms with Gasteiger partial charge in [0.1, 0.15) is 18.0 Å². The van der Waals surface area contributed by atoms with Gasteiger partial charge in [0.25, 0.3) is 5.91 Å². The van der Waals surface area contributed by atoms with Crippen LogP contribution in [0.25, 0.3) is 11.3 Å². The standard InChI is InChI=1S/C22H23FN4O2/c1-2-29-13-3-12-24-22(28)17-6-10-19(11-7-17)27-21-14-20(25-15-26-21)16-4-8-18(23)9-5-16/h4-11,14-15H,2-3,12-13H2,1H3,(H,24,28)(H,25,26,27). The van der Waals surface area contributed by atoms with Gasteiger partial charge >= 0.3 is 0 Å². The second-order valence-corrected chi connectivity index (χ2v) is 6.30. The summed E-state index contributed by atoms with van der Waals surface area (Å²) in [5, 5.41) is 6.05. The van der Waals surface area contributed by atoms with Crippen molar-refractivity contribution in [1.82, 2.24) is 15.3 Å². The summed E-state index contributed by atoms with van der Waals surface area (Å²) in [6.07, 6.45) is 2.23. The summed E-state index contributed by atoms with van der Waals surface area (Å²) in [6, 6.07) is 15.0. The van der Waals surface area contributed by atoms with E-state index in [4.69, 9.17) is 4.74 Å². The van der Waals surface area contributed by atoms with Crippen LogP contribution in [0.15, 0.2) is 60.9 Å². The molecule has 0 atom stereocenters. The van der Waals surface area contributed by atoms with Crippen LogP contribution in [0.4, 0.5) is 15.9 Å². The van der Waals surface area contributed by atoms with Crippen LogP contribution < -0.4 is 10.6 Å². The zero-order chi connectivity index (χ0) is 20.5. The normalized spacial score (nSPS) is 10.6. The van der Waals surface area contributed by atoms with Crippen LogP contribution >= 0.6 is 0 Å². The van der Waals surface area contributed by atoms with Gasteiger partial charge in [-0.2, -0.15) is 0 Å². The molecule has 1 heterocycles. The van der Waals surface area contributed by atoms with Crippen molar-refractivity contribution in [1.29, 1.82) is 0 Å². The highest BCUT2D eigenvalue weighted by Crippen LogP contribution is 2.21. The van der Waals surface area contributed by atoms with Crippen molar-refractivity contribution in [2.24, 2.45) is 0 Å². The highest BCUT2D eigenvalue weighted by Gasteiger charge is 2.06. The Morgan fingerprint density at radius 3 is 2.55 bits per heavy atom. The highest BCUT2D eigenvalue weighted by molar-refractivity contribution is 5.94. The zero-order valence-corrected chi connectivity index (χ0v) is 16.2. The molecule has 0 radical (unpaired) electrons. The van der Waals surface area contributed by atoms with Crippen LogP contribution in [0, 0.1) is 5.82 Å². The van der Waals surface area contributed by atoms with Crippen LogP contribution in [0.3, 0.4) is 0 Å². The van der Waals surface area contributed by atoms with Crippen molar-refractivity contribution in [2.75, 3.05) is 25.1 Å². The van der Waals surface area contributed by atoms with E-state index in [9.17, 15) is 9.18 Å². The molecule has 150 valence electrons. The number of aromatic nitrogens is 2. The summed E-state index contributed by atoms with van der Waals surface area (Å²) < 4.78 is 18.3. The van der Waals surface area contributed by atoms with Crippen molar-refractivity contribution in [3.63, 3.8) is 0 Å². The first-order valence-corrected chi connectivity index (χ1v) is 9.46. The van der Waals surface area contributed by atoms with Crippen LogP contribution in [0.5, 0.6) is 0 Å². The summed E-state index contributed by atoms with van der Waals surface area (Å²) in [5.74, 6) is 0.195. The lowest BCUT2D eigenvalue weighted by molar-refractivity contribution is 0.0944. The fourth-order valence-electron chi connectivity index (χ4n) is 2.68. The average molecular weight is 394 g/mol. The number of nitrogens with one attached hydrogen (secondary N) is 2. The maximum atomic E-state index is 13.1. The van der Waals surface area contributed by atoms with E-state index in [1.54, 1.807) is 30.3 Å². The predicted molar refractivity (Wildman–Crippen MR) is 111 cm³/mol. The Hall–Kier alpha value is -3.32. The topological polar surface area (TPSA) is 76.1 Å². The minimum atomic E-state index is -0.292. The Morgan fingerprint density at radius 1 is 1.07 bits per heavy atom. The maximum Gasteiger partial charge on any atom is 0.251 e. The smallest absolute Gasteiger partial charge is 0.251 e. The number of rotatable bonds is 9. The van der Waals surface area contributed by atoms with Crippen molar-refractivity contribution >= 4 is 17.4 Å². The summed E-state index contributed by atoms with van der Waals surface area (Å²) in [7, 11) is 0. The molecule has 29 heavy (non-hydrogen) atoms. The molecule has 0 saturated carbocycles. The van der Waals surface area contributed by atoms with E-state index >= 15 is 0 Å². The van der Waals surface area contributed by atoms with Crippen molar-refractivity contribution in [3.8, 4) is 11.3 Å². The fraction of sp³-hybridized carbons (Fsp3) is 0.227. The molecule has 1 amide bonds. The van der Waals surface area contributed by atoms with Gasteiger partial charge in [-0.25, -0.2) is 14.4 Å². The van der Waals surface area contributed by atoms with Crippen LogP contribution in [0.1, 0.15) is 23.7 Å². The Labute approximate surface area is 169 Å². The lowest BCUT2D eigenvalue weighted by Crippen LogP contribution is -2.25. The van der Waals surface area contributed by atoms with E-state index in [0.29, 0.717) is 36.8 Å². The van der Waals surface area contributed by atoms with Gasteiger partial charge in [0.15, 0.2) is 0 Å². The second kappa shape index (κ2) is 10.3. The van der Waals surface area contributed by atoms with Gasteiger partial charge in [0.2, 0.25) is 0 Å². The third kappa shape index (κ3) is 6.08. The minimum absolute atomic E-state index is 0.117. The molecule has 3 rings (SSSR count). The van der Waals surface area contributed by atoms with Gasteiger partial charge in [-0.1, -0.05) is 0 Å². The lowest BCUT2D eigenvalue weighted by atomic mass is 10.1. The number of nitrogens with zero attached hydrogens (tertiary/aromatic N) is 2. The highest BCUT2D eigenvalue weighted by atomic mass is 19.1. The number of carbonyl (C=O) groups excluding carboxylic acids is 1. The first-order chi connectivity index (χ1) is 14.2. The Morgan fingerprint density at radius 2 is 1.83 bits per heavy atom. The number of ether oxygens (including phenoxy) is 1. The largest absolute Gasteiger partial charge is 0.382 e. The van der Waals surface area contributed by atoms with E-state index in [1.165, 1.54) is 18.5 Å². The van der Waals surface area contributed by atoms with Crippen LogP contribution in [0.2, 0.25) is 0 Å². The number of benzene rings is 2. The summed E-state index contributed by atoms with van der Waals surface area (Å²) in [6.45, 7) is 3.84. The molecular weight excluding hydrogens is 371 g/mol. The molecule has 1 aromatic heterocycles. The first kappa shape index (κ1) is 20.4. The molecule has 2 N–H and O–H groups in total. The Kier molecular flexibility index (Phi) is 7.24. The number of amides is 1. The Bertz CT molecular complexity index is 930. The van der Waals surface area contributed by atoms with E-state index in [0.717, 1.165) is 17.7 Å². The van der Waals surface area contributed by atoms with E-state index in [2.05, 4.69) is 20.6 Å². The quantitative estimate of drug-likeness (QED) is 0.533. The van der Waals surface area contributed by atoms with Crippen molar-refractivity contribution in [2.45, 2.75) is 13.3 Å². The molecule has 0 fully saturated rings. The lowest BCUT2D eigenvalue weighted by Gasteiger charge is -2.09. The minimum Gasteiger partial charge on any atom is -0.382 e. The number of hydrogen-bond donors (Lipinski definition) is 2. The van der Waals surface area contributed by atoms with Crippen LogP contribution in [-0.2, 0) is 4.74 Å². The van der Waals surface area contributed by atoms with Gasteiger partial charge in [0.05, 0.1) is 5.69 Å². The molecule has 0 bridgehead atoms. The summed E-state index contributed by atoms with van der Waals surface area (Å²) in [5.41, 5.74) is 2.86. The average Bonchev–Trinajstić information content (AvgIpc) is 2.75. The van der Waals surface area contributed by atoms with Gasteiger partial charge in [-0.15, -0.1) is 0 Å². The molecule has 3 aromatic rings. The number of carbonyl (C=O) groups is 1. The number of anilines is 2. The molecular formula is C22H23FN4O2. The molecule has 0 aliphatic heterocycles. The monoisotopic (exact) mass is 394 g/mol. The van der Waals surface area contributed by atoms with E-state index in [-0.39, 0.29) is 11.7 Å². The van der Waals surface area contributed by atoms with Gasteiger partial charge in [0, 0.05) is 42.6 Å². The fourth-order valence-corrected chi connectivity index (χ4v) is 2.68. The SMILES string of the molecule is CCOCCCNC(=O)c1ccc(Nc2cc(-c3ccc(F)cc3)ncn2)cc1. The molecule has 0 aliphatic rings. The summed E-state index contributed by atoms with van der Waals surface area (Å²) >= 11 is 0. The third-order valence-electron chi connectivity index (χ3n) is 4.18. The number of hydrogen-bond acceptors (Lipinski definition) is 5. The molecule has 0 spiro atoms. The van der Waals surface area contributed by atoms with Crippen LogP contribution in [-0.4, -0.2) is 35.6 Å². The zero-order valence-electron chi connectivity index (χ0n) is 16.2. The molecule has 0 saturated heterocycles. The van der Waals surface area contributed by atoms with Gasteiger partial charge in [-0.3, -0.25) is 4.79 Å². The second-order valence-electron chi connectivity index (χ2n) is 6.30. The molecule has 0 aliphatic carbocycles. The van der Waals surface area contributed by atoms with E-state index in [1.807, 2.05) is 19.1 Å². The maximum absolute atomic E-state index is 13.1. The molecule has 7 heteroatoms. The van der Waals surface area contributed by atoms with E-state index < -0.39 is 0 Å². The first-order valence-electron chi connectivity index (χ1n) is 9.46. The summed E-state index contributed by atoms with van der Waals surface area (Å²) in [4.78, 5) is 20.6. The predicted octanol–water partition coefficient (Wildman–Crippen LogP) is 4.18. The molecule has 2 aromatic carbocycles. The number of halogens is 1. The third-order valence-corrected chi connectivity index (χ3v) is 4.18. The van der Waals surface area contributed by atoms with Gasteiger partial charge < -0.3 is 15.4 Å². The van der Waals surface area contributed by atoms with Crippen molar-refractivity contribution in [3.05, 3.63) is 72.3 Å². The molecule has 0 unspecified atom stereocenters. The van der Waals surface area contributed by atoms with Crippen molar-refractivity contribution < 1.29 is 13.9 Å². The molecule has 6 nitrogen and oxygen atoms in total. The Balaban J connectivity index is 1.59.